The second-order valence-electron chi connectivity index (χ2n) is 3.98. The molecule has 10 nitrogen and oxygen atoms in total. The molecule has 1 aromatic heterocycles. The Hall–Kier alpha value is -2.65. The van der Waals surface area contributed by atoms with Gasteiger partial charge in [0.2, 0.25) is 5.91 Å². The Morgan fingerprint density at radius 1 is 1.45 bits per heavy atom. The third-order valence-corrected chi connectivity index (χ3v) is 2.40. The van der Waals surface area contributed by atoms with E-state index in [-0.39, 0.29) is 19.4 Å². The Labute approximate surface area is 114 Å². The van der Waals surface area contributed by atoms with Crippen LogP contribution in [-0.4, -0.2) is 50.8 Å². The summed E-state index contributed by atoms with van der Waals surface area (Å²) in [5.74, 6) is -1.24. The standard InChI is InChI=1S/C10H16N6O4/c11-7(17)2-1-6(9(18)19)15-10(20)12-4-3-8-13-5-14-16-8/h5-6H,1-4H2,(H2,11,17)(H,18,19)(H2,12,15,20)(H,13,14,16). The van der Waals surface area contributed by atoms with Crippen LogP contribution in [0.25, 0.3) is 0 Å². The first-order chi connectivity index (χ1) is 9.49. The van der Waals surface area contributed by atoms with Gasteiger partial charge in [-0.1, -0.05) is 0 Å². The van der Waals surface area contributed by atoms with Crippen molar-refractivity contribution in [2.24, 2.45) is 5.73 Å². The quantitative estimate of drug-likeness (QED) is 0.384. The minimum absolute atomic E-state index is 0.0554. The second kappa shape index (κ2) is 7.71. The van der Waals surface area contributed by atoms with E-state index in [9.17, 15) is 14.4 Å². The van der Waals surface area contributed by atoms with Gasteiger partial charge in [0.1, 0.15) is 18.2 Å². The molecular weight excluding hydrogens is 268 g/mol. The Kier molecular flexibility index (Phi) is 5.94. The molecule has 1 heterocycles. The summed E-state index contributed by atoms with van der Waals surface area (Å²) in [6.45, 7) is 0.267. The number of H-pyrrole nitrogens is 1. The first-order valence-corrected chi connectivity index (χ1v) is 5.88. The average molecular weight is 284 g/mol. The van der Waals surface area contributed by atoms with Crippen LogP contribution in [0.5, 0.6) is 0 Å². The fraction of sp³-hybridized carbons (Fsp3) is 0.500. The number of nitrogens with one attached hydrogen (secondary N) is 3. The Bertz CT molecular complexity index is 460. The van der Waals surface area contributed by atoms with E-state index in [0.717, 1.165) is 0 Å². The third kappa shape index (κ3) is 5.80. The molecule has 1 rings (SSSR count). The molecular formula is C10H16N6O4. The largest absolute Gasteiger partial charge is 0.480 e. The lowest BCUT2D eigenvalue weighted by atomic mass is 10.1. The number of rotatable bonds is 8. The first kappa shape index (κ1) is 15.4. The fourth-order valence-electron chi connectivity index (χ4n) is 1.40. The predicted octanol–water partition coefficient (Wildman–Crippen LogP) is -1.63. The summed E-state index contributed by atoms with van der Waals surface area (Å²) in [5, 5.41) is 19.9. The molecule has 0 aliphatic heterocycles. The summed E-state index contributed by atoms with van der Waals surface area (Å²) >= 11 is 0. The van der Waals surface area contributed by atoms with Crippen LogP contribution in [0, 0.1) is 0 Å². The molecule has 1 atom stereocenters. The number of hydrogen-bond donors (Lipinski definition) is 5. The van der Waals surface area contributed by atoms with Gasteiger partial charge in [0.05, 0.1) is 0 Å². The normalized spacial score (nSPS) is 11.6. The van der Waals surface area contributed by atoms with E-state index in [0.29, 0.717) is 12.2 Å². The van der Waals surface area contributed by atoms with Crippen LogP contribution in [0.15, 0.2) is 6.33 Å². The monoisotopic (exact) mass is 284 g/mol. The topological polar surface area (TPSA) is 163 Å². The number of aromatic amines is 1. The molecule has 0 spiro atoms. The average Bonchev–Trinajstić information content (AvgIpc) is 2.87. The summed E-state index contributed by atoms with van der Waals surface area (Å²) in [6.07, 6.45) is 1.61. The van der Waals surface area contributed by atoms with Crippen molar-refractivity contribution in [3.63, 3.8) is 0 Å². The lowest BCUT2D eigenvalue weighted by Crippen LogP contribution is -2.46. The number of carboxylic acids is 1. The van der Waals surface area contributed by atoms with Gasteiger partial charge in [-0.05, 0) is 6.42 Å². The first-order valence-electron chi connectivity index (χ1n) is 5.88. The summed E-state index contributed by atoms with van der Waals surface area (Å²) in [7, 11) is 0. The molecule has 0 saturated heterocycles. The highest BCUT2D eigenvalue weighted by Gasteiger charge is 2.20. The maximum Gasteiger partial charge on any atom is 0.326 e. The molecule has 6 N–H and O–H groups in total. The number of hydrogen-bond acceptors (Lipinski definition) is 5. The maximum atomic E-state index is 11.5. The SMILES string of the molecule is NC(=O)CCC(NC(=O)NCCc1ncn[nH]1)C(=O)O. The van der Waals surface area contributed by atoms with Gasteiger partial charge in [0, 0.05) is 19.4 Å². The second-order valence-corrected chi connectivity index (χ2v) is 3.98. The minimum Gasteiger partial charge on any atom is -0.480 e. The van der Waals surface area contributed by atoms with Gasteiger partial charge >= 0.3 is 12.0 Å². The zero-order valence-electron chi connectivity index (χ0n) is 10.6. The summed E-state index contributed by atoms with van der Waals surface area (Å²) in [6, 6.07) is -1.80. The van der Waals surface area contributed by atoms with E-state index in [4.69, 9.17) is 10.8 Å². The Balaban J connectivity index is 2.30. The van der Waals surface area contributed by atoms with E-state index in [2.05, 4.69) is 25.8 Å². The molecule has 1 unspecified atom stereocenters. The number of carbonyl (C=O) groups excluding carboxylic acids is 2. The molecule has 1 aromatic rings. The maximum absolute atomic E-state index is 11.5. The van der Waals surface area contributed by atoms with Crippen molar-refractivity contribution >= 4 is 17.9 Å². The van der Waals surface area contributed by atoms with E-state index in [1.165, 1.54) is 6.33 Å². The van der Waals surface area contributed by atoms with Crippen LogP contribution < -0.4 is 16.4 Å². The molecule has 0 aliphatic carbocycles. The van der Waals surface area contributed by atoms with Gasteiger partial charge in [-0.15, -0.1) is 0 Å². The van der Waals surface area contributed by atoms with Crippen LogP contribution in [0.4, 0.5) is 4.79 Å². The van der Waals surface area contributed by atoms with Gasteiger partial charge < -0.3 is 21.5 Å². The molecule has 0 radical (unpaired) electrons. The highest BCUT2D eigenvalue weighted by molar-refractivity contribution is 5.83. The van der Waals surface area contributed by atoms with E-state index in [1.54, 1.807) is 0 Å². The van der Waals surface area contributed by atoms with E-state index in [1.807, 2.05) is 0 Å². The van der Waals surface area contributed by atoms with Crippen LogP contribution in [0.2, 0.25) is 0 Å². The number of aliphatic carboxylic acids is 1. The van der Waals surface area contributed by atoms with Gasteiger partial charge in [-0.3, -0.25) is 9.89 Å². The van der Waals surface area contributed by atoms with Crippen LogP contribution in [0.1, 0.15) is 18.7 Å². The van der Waals surface area contributed by atoms with Crippen molar-refractivity contribution < 1.29 is 19.5 Å². The van der Waals surface area contributed by atoms with Crippen molar-refractivity contribution in [1.82, 2.24) is 25.8 Å². The molecule has 0 aromatic carbocycles. The van der Waals surface area contributed by atoms with Crippen molar-refractivity contribution in [3.05, 3.63) is 12.2 Å². The van der Waals surface area contributed by atoms with Crippen molar-refractivity contribution in [3.8, 4) is 0 Å². The number of aromatic nitrogens is 3. The van der Waals surface area contributed by atoms with Crippen molar-refractivity contribution in [2.45, 2.75) is 25.3 Å². The highest BCUT2D eigenvalue weighted by Crippen LogP contribution is 1.97. The summed E-state index contributed by atoms with van der Waals surface area (Å²) < 4.78 is 0. The van der Waals surface area contributed by atoms with Gasteiger partial charge in [-0.2, -0.15) is 5.10 Å². The zero-order chi connectivity index (χ0) is 15.0. The number of carboxylic acid groups (broad SMARTS) is 1. The molecule has 3 amide bonds. The fourth-order valence-corrected chi connectivity index (χ4v) is 1.40. The third-order valence-electron chi connectivity index (χ3n) is 2.40. The molecule has 10 heteroatoms. The van der Waals surface area contributed by atoms with E-state index < -0.39 is 23.9 Å². The summed E-state index contributed by atoms with van der Waals surface area (Å²) in [4.78, 5) is 36.8. The Morgan fingerprint density at radius 2 is 2.20 bits per heavy atom. The van der Waals surface area contributed by atoms with Crippen LogP contribution >= 0.6 is 0 Å². The predicted molar refractivity (Wildman–Crippen MR) is 66.5 cm³/mol. The number of nitrogens with zero attached hydrogens (tertiary/aromatic N) is 2. The van der Waals surface area contributed by atoms with Gasteiger partial charge in [-0.25, -0.2) is 14.6 Å². The number of amides is 3. The molecule has 0 aliphatic rings. The zero-order valence-corrected chi connectivity index (χ0v) is 10.6. The number of urea groups is 1. The lowest BCUT2D eigenvalue weighted by molar-refractivity contribution is -0.139. The number of nitrogens with two attached hydrogens (primary N) is 1. The van der Waals surface area contributed by atoms with Crippen molar-refractivity contribution in [1.29, 1.82) is 0 Å². The molecule has 0 fully saturated rings. The van der Waals surface area contributed by atoms with Crippen LogP contribution in [0.3, 0.4) is 0 Å². The minimum atomic E-state index is -1.23. The van der Waals surface area contributed by atoms with Gasteiger partial charge in [0.15, 0.2) is 0 Å². The smallest absolute Gasteiger partial charge is 0.326 e. The Morgan fingerprint density at radius 3 is 2.75 bits per heavy atom. The highest BCUT2D eigenvalue weighted by atomic mass is 16.4. The molecule has 110 valence electrons. The van der Waals surface area contributed by atoms with Crippen LogP contribution in [-0.2, 0) is 16.0 Å². The molecule has 20 heavy (non-hydrogen) atoms. The summed E-state index contributed by atoms with van der Waals surface area (Å²) in [5.41, 5.74) is 4.93. The lowest BCUT2D eigenvalue weighted by Gasteiger charge is -2.14. The van der Waals surface area contributed by atoms with Crippen molar-refractivity contribution in [2.75, 3.05) is 6.54 Å². The number of primary amides is 1. The molecule has 0 bridgehead atoms. The van der Waals surface area contributed by atoms with Gasteiger partial charge in [0.25, 0.3) is 0 Å². The number of carbonyl (C=O) groups is 3. The van der Waals surface area contributed by atoms with E-state index >= 15 is 0 Å². The molecule has 0 saturated carbocycles.